The molecule has 0 saturated carbocycles. The third kappa shape index (κ3) is 6.85. The van der Waals surface area contributed by atoms with Crippen LogP contribution in [-0.4, -0.2) is 74.9 Å². The molecule has 32 heavy (non-hydrogen) atoms. The fraction of sp³-hybridized carbons (Fsp3) is 0.458. The SMILES string of the molecule is CNC(=O)c1cc(C(=O)NCCCC2OCC(N(C)C)CO2)cc(Cc2ccccc2)n1. The number of nitrogens with one attached hydrogen (secondary N) is 2. The minimum absolute atomic E-state index is 0.227. The molecule has 0 radical (unpaired) electrons. The van der Waals surface area contributed by atoms with Crippen molar-refractivity contribution in [2.75, 3.05) is 40.9 Å². The summed E-state index contributed by atoms with van der Waals surface area (Å²) in [4.78, 5) is 31.4. The number of nitrogens with zero attached hydrogens (tertiary/aromatic N) is 2. The van der Waals surface area contributed by atoms with E-state index in [2.05, 4.69) is 20.5 Å². The van der Waals surface area contributed by atoms with Crippen molar-refractivity contribution in [2.45, 2.75) is 31.6 Å². The summed E-state index contributed by atoms with van der Waals surface area (Å²) in [5.41, 5.74) is 2.38. The summed E-state index contributed by atoms with van der Waals surface area (Å²) in [6.07, 6.45) is 1.74. The molecule has 8 heteroatoms. The number of rotatable bonds is 9. The number of hydrogen-bond donors (Lipinski definition) is 2. The van der Waals surface area contributed by atoms with E-state index in [4.69, 9.17) is 9.47 Å². The lowest BCUT2D eigenvalue weighted by Gasteiger charge is -2.33. The minimum Gasteiger partial charge on any atom is -0.354 e. The third-order valence-corrected chi connectivity index (χ3v) is 5.41. The van der Waals surface area contributed by atoms with E-state index >= 15 is 0 Å². The molecule has 8 nitrogen and oxygen atoms in total. The van der Waals surface area contributed by atoms with Crippen LogP contribution in [0.1, 0.15) is 44.9 Å². The Hall–Kier alpha value is -2.81. The highest BCUT2D eigenvalue weighted by molar-refractivity contribution is 5.98. The molecule has 1 aromatic heterocycles. The van der Waals surface area contributed by atoms with E-state index in [9.17, 15) is 9.59 Å². The van der Waals surface area contributed by atoms with Gasteiger partial charge >= 0.3 is 0 Å². The lowest BCUT2D eigenvalue weighted by Crippen LogP contribution is -2.44. The van der Waals surface area contributed by atoms with Crippen LogP contribution in [0.3, 0.4) is 0 Å². The Morgan fingerprint density at radius 2 is 1.81 bits per heavy atom. The first-order chi connectivity index (χ1) is 15.5. The van der Waals surface area contributed by atoms with E-state index in [1.165, 1.54) is 6.07 Å². The quantitative estimate of drug-likeness (QED) is 0.578. The van der Waals surface area contributed by atoms with Crippen molar-refractivity contribution >= 4 is 11.8 Å². The molecule has 1 aromatic carbocycles. The van der Waals surface area contributed by atoms with Gasteiger partial charge in [0.15, 0.2) is 6.29 Å². The molecule has 0 spiro atoms. The molecule has 0 unspecified atom stereocenters. The third-order valence-electron chi connectivity index (χ3n) is 5.41. The first-order valence-electron chi connectivity index (χ1n) is 10.9. The van der Waals surface area contributed by atoms with Gasteiger partial charge in [-0.1, -0.05) is 30.3 Å². The fourth-order valence-corrected chi connectivity index (χ4v) is 3.43. The van der Waals surface area contributed by atoms with Crippen molar-refractivity contribution in [2.24, 2.45) is 0 Å². The van der Waals surface area contributed by atoms with E-state index in [-0.39, 0.29) is 29.8 Å². The normalized spacial score (nSPS) is 18.4. The Balaban J connectivity index is 1.55. The molecular formula is C24H32N4O4. The largest absolute Gasteiger partial charge is 0.354 e. The summed E-state index contributed by atoms with van der Waals surface area (Å²) in [5, 5.41) is 5.50. The van der Waals surface area contributed by atoms with E-state index < -0.39 is 0 Å². The Morgan fingerprint density at radius 1 is 1.09 bits per heavy atom. The monoisotopic (exact) mass is 440 g/mol. The van der Waals surface area contributed by atoms with Gasteiger partial charge < -0.3 is 25.0 Å². The molecule has 0 bridgehead atoms. The highest BCUT2D eigenvalue weighted by Crippen LogP contribution is 2.14. The van der Waals surface area contributed by atoms with Gasteiger partial charge in [-0.05, 0) is 38.2 Å². The number of carbonyl (C=O) groups is 2. The number of likely N-dealkylation sites (N-methyl/N-ethyl adjacent to an activating group) is 1. The van der Waals surface area contributed by atoms with Crippen molar-refractivity contribution in [3.05, 3.63) is 65.0 Å². The van der Waals surface area contributed by atoms with E-state index in [0.717, 1.165) is 12.0 Å². The summed E-state index contributed by atoms with van der Waals surface area (Å²) in [6.45, 7) is 1.78. The average molecular weight is 441 g/mol. The topological polar surface area (TPSA) is 92.8 Å². The molecular weight excluding hydrogens is 408 g/mol. The van der Waals surface area contributed by atoms with Crippen LogP contribution in [0.15, 0.2) is 42.5 Å². The maximum Gasteiger partial charge on any atom is 0.269 e. The number of ether oxygens (including phenoxy) is 2. The van der Waals surface area contributed by atoms with Crippen LogP contribution >= 0.6 is 0 Å². The summed E-state index contributed by atoms with van der Waals surface area (Å²) in [5.74, 6) is -0.554. The molecule has 0 atom stereocenters. The van der Waals surface area contributed by atoms with Gasteiger partial charge in [0.1, 0.15) is 5.69 Å². The second-order valence-corrected chi connectivity index (χ2v) is 8.09. The van der Waals surface area contributed by atoms with Gasteiger partial charge in [0, 0.05) is 37.7 Å². The second kappa shape index (κ2) is 11.7. The predicted molar refractivity (Wildman–Crippen MR) is 122 cm³/mol. The summed E-state index contributed by atoms with van der Waals surface area (Å²) in [6, 6.07) is 13.4. The zero-order valence-electron chi connectivity index (χ0n) is 19.0. The lowest BCUT2D eigenvalue weighted by molar-refractivity contribution is -0.203. The van der Waals surface area contributed by atoms with Crippen molar-refractivity contribution in [1.29, 1.82) is 0 Å². The smallest absolute Gasteiger partial charge is 0.269 e. The molecule has 2 heterocycles. The average Bonchev–Trinajstić information content (AvgIpc) is 2.82. The maximum atomic E-state index is 12.7. The second-order valence-electron chi connectivity index (χ2n) is 8.09. The fourth-order valence-electron chi connectivity index (χ4n) is 3.43. The van der Waals surface area contributed by atoms with Crippen LogP contribution in [0.25, 0.3) is 0 Å². The summed E-state index contributed by atoms with van der Waals surface area (Å²) in [7, 11) is 5.56. The number of carbonyl (C=O) groups excluding carboxylic acids is 2. The van der Waals surface area contributed by atoms with Crippen LogP contribution < -0.4 is 10.6 Å². The molecule has 1 aliphatic rings. The maximum absolute atomic E-state index is 12.7. The highest BCUT2D eigenvalue weighted by atomic mass is 16.7. The Labute approximate surface area is 189 Å². The predicted octanol–water partition coefficient (Wildman–Crippen LogP) is 1.85. The Morgan fingerprint density at radius 3 is 2.47 bits per heavy atom. The van der Waals surface area contributed by atoms with E-state index in [1.807, 2.05) is 44.4 Å². The lowest BCUT2D eigenvalue weighted by atomic mass is 10.1. The number of amides is 2. The van der Waals surface area contributed by atoms with Crippen molar-refractivity contribution in [1.82, 2.24) is 20.5 Å². The molecule has 1 fully saturated rings. The van der Waals surface area contributed by atoms with E-state index in [0.29, 0.717) is 43.9 Å². The minimum atomic E-state index is -0.323. The van der Waals surface area contributed by atoms with Gasteiger partial charge in [0.05, 0.1) is 19.3 Å². The zero-order valence-corrected chi connectivity index (χ0v) is 19.0. The Bertz CT molecular complexity index is 896. The van der Waals surface area contributed by atoms with Gasteiger partial charge in [-0.25, -0.2) is 4.98 Å². The number of hydrogen-bond acceptors (Lipinski definition) is 6. The first kappa shape index (κ1) is 23.8. The van der Waals surface area contributed by atoms with Crippen molar-refractivity contribution < 1.29 is 19.1 Å². The number of pyridine rings is 1. The van der Waals surface area contributed by atoms with Gasteiger partial charge in [-0.15, -0.1) is 0 Å². The number of benzene rings is 1. The van der Waals surface area contributed by atoms with Gasteiger partial charge in [-0.3, -0.25) is 9.59 Å². The van der Waals surface area contributed by atoms with Gasteiger partial charge in [-0.2, -0.15) is 0 Å². The van der Waals surface area contributed by atoms with E-state index in [1.54, 1.807) is 13.1 Å². The van der Waals surface area contributed by atoms with Crippen molar-refractivity contribution in [3.63, 3.8) is 0 Å². The molecule has 1 aliphatic heterocycles. The molecule has 2 N–H and O–H groups in total. The summed E-state index contributed by atoms with van der Waals surface area (Å²) >= 11 is 0. The van der Waals surface area contributed by atoms with Crippen molar-refractivity contribution in [3.8, 4) is 0 Å². The molecule has 2 amide bonds. The molecule has 0 aliphatic carbocycles. The highest BCUT2D eigenvalue weighted by Gasteiger charge is 2.23. The first-order valence-corrected chi connectivity index (χ1v) is 10.9. The number of aromatic nitrogens is 1. The van der Waals surface area contributed by atoms with Gasteiger partial charge in [0.25, 0.3) is 11.8 Å². The van der Waals surface area contributed by atoms with Gasteiger partial charge in [0.2, 0.25) is 0 Å². The standard InChI is InChI=1S/C24H32N4O4/c1-25-24(30)21-14-18(13-19(27-21)12-17-8-5-4-6-9-17)23(29)26-11-7-10-22-31-15-20(16-32-22)28(2)3/h4-6,8-9,13-14,20,22H,7,10-12,15-16H2,1-3H3,(H,25,30)(H,26,29). The van der Waals surface area contributed by atoms with Crippen LogP contribution in [0, 0.1) is 0 Å². The molecule has 3 rings (SSSR count). The van der Waals surface area contributed by atoms with Crippen LogP contribution in [0.2, 0.25) is 0 Å². The summed E-state index contributed by atoms with van der Waals surface area (Å²) < 4.78 is 11.5. The molecule has 2 aromatic rings. The van der Waals surface area contributed by atoms with Crippen LogP contribution in [0.5, 0.6) is 0 Å². The van der Waals surface area contributed by atoms with Crippen LogP contribution in [0.4, 0.5) is 0 Å². The zero-order chi connectivity index (χ0) is 22.9. The molecule has 1 saturated heterocycles. The Kier molecular flexibility index (Phi) is 8.72. The van der Waals surface area contributed by atoms with Crippen LogP contribution in [-0.2, 0) is 15.9 Å². The molecule has 172 valence electrons.